The Kier molecular flexibility index (Phi) is 8.40. The summed E-state index contributed by atoms with van der Waals surface area (Å²) in [5.41, 5.74) is 5.44. The normalized spacial score (nSPS) is 25.0. The van der Waals surface area contributed by atoms with Crippen LogP contribution >= 0.6 is 0 Å². The second-order valence-electron chi connectivity index (χ2n) is 12.1. The third kappa shape index (κ3) is 5.97. The number of hydrogen-bond donors (Lipinski definition) is 1. The van der Waals surface area contributed by atoms with Gasteiger partial charge in [-0.1, -0.05) is 30.3 Å². The van der Waals surface area contributed by atoms with Crippen molar-refractivity contribution in [3.8, 4) is 0 Å². The number of nitrogens with one attached hydrogen (secondary N) is 1. The number of rotatable bonds is 10. The molecule has 2 aromatic carbocycles. The van der Waals surface area contributed by atoms with Gasteiger partial charge in [-0.3, -0.25) is 4.79 Å². The van der Waals surface area contributed by atoms with Gasteiger partial charge in [0.15, 0.2) is 0 Å². The third-order valence-electron chi connectivity index (χ3n) is 9.44. The Bertz CT molecular complexity index is 1110. The van der Waals surface area contributed by atoms with E-state index in [1.165, 1.54) is 41.8 Å². The lowest BCUT2D eigenvalue weighted by Gasteiger charge is -2.37. The molecule has 1 amide bonds. The van der Waals surface area contributed by atoms with Gasteiger partial charge in [0, 0.05) is 76.3 Å². The lowest BCUT2D eigenvalue weighted by molar-refractivity contribution is -0.137. The fraction of sp³-hybridized carbons (Fsp3) is 0.606. The summed E-state index contributed by atoms with van der Waals surface area (Å²) in [6.07, 6.45) is 8.24. The van der Waals surface area contributed by atoms with Crippen LogP contribution in [0.25, 0.3) is 0 Å². The Hall–Kier alpha value is -2.57. The van der Waals surface area contributed by atoms with Gasteiger partial charge in [0.25, 0.3) is 0 Å². The number of hydrogen-bond acceptors (Lipinski definition) is 5. The van der Waals surface area contributed by atoms with Crippen LogP contribution in [0.4, 0.5) is 11.4 Å². The van der Waals surface area contributed by atoms with Crippen molar-refractivity contribution in [2.75, 3.05) is 69.3 Å². The average molecular weight is 531 g/mol. The first-order chi connectivity index (χ1) is 19.2. The molecule has 4 aliphatic rings. The smallest absolute Gasteiger partial charge is 0.227 e. The van der Waals surface area contributed by atoms with Gasteiger partial charge in [0.2, 0.25) is 5.91 Å². The van der Waals surface area contributed by atoms with Gasteiger partial charge < -0.3 is 24.8 Å². The van der Waals surface area contributed by atoms with Crippen LogP contribution in [-0.2, 0) is 9.53 Å². The van der Waals surface area contributed by atoms with Crippen LogP contribution in [-0.4, -0.2) is 76.4 Å². The largest absolute Gasteiger partial charge is 0.385 e. The molecule has 1 saturated carbocycles. The number of fused-ring (bicyclic) bond motifs is 1. The van der Waals surface area contributed by atoms with Crippen LogP contribution in [0.1, 0.15) is 67.9 Å². The number of ether oxygens (including phenoxy) is 1. The zero-order chi connectivity index (χ0) is 26.6. The molecule has 39 heavy (non-hydrogen) atoms. The fourth-order valence-electron chi connectivity index (χ4n) is 7.23. The van der Waals surface area contributed by atoms with E-state index in [-0.39, 0.29) is 11.8 Å². The lowest BCUT2D eigenvalue weighted by atomic mass is 9.80. The van der Waals surface area contributed by atoms with Gasteiger partial charge in [0.05, 0.1) is 5.92 Å². The molecule has 0 bridgehead atoms. The third-order valence-corrected chi connectivity index (χ3v) is 9.44. The molecule has 1 aliphatic carbocycles. The quantitative estimate of drug-likeness (QED) is 0.438. The number of anilines is 2. The molecule has 3 fully saturated rings. The van der Waals surface area contributed by atoms with Crippen molar-refractivity contribution in [2.24, 2.45) is 5.92 Å². The highest BCUT2D eigenvalue weighted by molar-refractivity contribution is 5.81. The first-order valence-corrected chi connectivity index (χ1v) is 15.4. The van der Waals surface area contributed by atoms with E-state index in [0.717, 1.165) is 78.1 Å². The summed E-state index contributed by atoms with van der Waals surface area (Å²) >= 11 is 0. The number of methoxy groups -OCH3 is 1. The maximum absolute atomic E-state index is 14.4. The second-order valence-corrected chi connectivity index (χ2v) is 12.1. The summed E-state index contributed by atoms with van der Waals surface area (Å²) in [6, 6.07) is 18.4. The Labute approximate surface area is 234 Å². The van der Waals surface area contributed by atoms with E-state index in [4.69, 9.17) is 4.74 Å². The van der Waals surface area contributed by atoms with Gasteiger partial charge in [0.1, 0.15) is 0 Å². The maximum atomic E-state index is 14.4. The van der Waals surface area contributed by atoms with Crippen molar-refractivity contribution >= 4 is 17.3 Å². The van der Waals surface area contributed by atoms with Gasteiger partial charge in [-0.25, -0.2) is 0 Å². The minimum Gasteiger partial charge on any atom is -0.385 e. The predicted octanol–water partition coefficient (Wildman–Crippen LogP) is 5.00. The van der Waals surface area contributed by atoms with E-state index in [1.54, 1.807) is 7.11 Å². The van der Waals surface area contributed by atoms with Crippen molar-refractivity contribution in [1.29, 1.82) is 0 Å². The SMILES string of the molecule is COCCCN1CC(CN(C(=O)[C@H]2CNCC[C@@H]2c2cccc(N3CCCCC3)c2)C2CC2)c2ccccc21. The van der Waals surface area contributed by atoms with Gasteiger partial charge in [-0.05, 0) is 86.7 Å². The van der Waals surface area contributed by atoms with Gasteiger partial charge in [-0.15, -0.1) is 0 Å². The first kappa shape index (κ1) is 26.6. The molecule has 2 saturated heterocycles. The number of benzene rings is 2. The average Bonchev–Trinajstić information content (AvgIpc) is 3.78. The number of carbonyl (C=O) groups excluding carboxylic acids is 1. The Balaban J connectivity index is 1.20. The predicted molar refractivity (Wildman–Crippen MR) is 159 cm³/mol. The Morgan fingerprint density at radius 2 is 1.90 bits per heavy atom. The summed E-state index contributed by atoms with van der Waals surface area (Å²) in [7, 11) is 1.77. The van der Waals surface area contributed by atoms with E-state index in [1.807, 2.05) is 0 Å². The molecule has 3 heterocycles. The molecule has 3 atom stereocenters. The van der Waals surface area contributed by atoms with Crippen molar-refractivity contribution in [1.82, 2.24) is 10.2 Å². The molecule has 210 valence electrons. The molecule has 1 unspecified atom stereocenters. The molecule has 6 nitrogen and oxygen atoms in total. The molecule has 1 N–H and O–H groups in total. The Morgan fingerprint density at radius 3 is 2.72 bits per heavy atom. The zero-order valence-electron chi connectivity index (χ0n) is 23.7. The summed E-state index contributed by atoms with van der Waals surface area (Å²) < 4.78 is 5.32. The number of nitrogens with zero attached hydrogens (tertiary/aromatic N) is 3. The summed E-state index contributed by atoms with van der Waals surface area (Å²) in [6.45, 7) is 7.68. The van der Waals surface area contributed by atoms with Crippen LogP contribution in [0.2, 0.25) is 0 Å². The molecule has 6 heteroatoms. The van der Waals surface area contributed by atoms with Gasteiger partial charge in [-0.2, -0.15) is 0 Å². The van der Waals surface area contributed by atoms with Crippen molar-refractivity contribution < 1.29 is 9.53 Å². The van der Waals surface area contributed by atoms with Crippen LogP contribution in [0.3, 0.4) is 0 Å². The highest BCUT2D eigenvalue weighted by atomic mass is 16.5. The summed E-state index contributed by atoms with van der Waals surface area (Å²) in [4.78, 5) is 21.7. The topological polar surface area (TPSA) is 48.1 Å². The number of piperidine rings is 2. The lowest BCUT2D eigenvalue weighted by Crippen LogP contribution is -2.48. The molecule has 3 aliphatic heterocycles. The van der Waals surface area contributed by atoms with E-state index in [2.05, 4.69) is 68.5 Å². The fourth-order valence-corrected chi connectivity index (χ4v) is 7.23. The van der Waals surface area contributed by atoms with E-state index in [9.17, 15) is 4.79 Å². The molecule has 2 aromatic rings. The second kappa shape index (κ2) is 12.3. The monoisotopic (exact) mass is 530 g/mol. The molecule has 0 aromatic heterocycles. The van der Waals surface area contributed by atoms with Crippen LogP contribution < -0.4 is 15.1 Å². The number of amides is 1. The summed E-state index contributed by atoms with van der Waals surface area (Å²) in [5, 5.41) is 3.57. The number of carbonyl (C=O) groups is 1. The molecular weight excluding hydrogens is 484 g/mol. The zero-order valence-corrected chi connectivity index (χ0v) is 23.7. The van der Waals surface area contributed by atoms with Crippen molar-refractivity contribution in [2.45, 2.75) is 62.8 Å². The highest BCUT2D eigenvalue weighted by Crippen LogP contribution is 2.41. The minimum atomic E-state index is 0.00501. The minimum absolute atomic E-state index is 0.00501. The standard InChI is InChI=1S/C33H46N4O2/c1-39-20-8-19-36-23-26(30-11-3-4-12-32(30)36)24-37(27-13-14-27)33(38)31-22-34-16-15-29(31)25-9-7-10-28(21-25)35-17-5-2-6-18-35/h3-4,7,9-12,21,26-27,29,31,34H,2,5-6,8,13-20,22-24H2,1H3/t26?,29-,31+/m1/s1. The first-order valence-electron chi connectivity index (χ1n) is 15.4. The van der Waals surface area contributed by atoms with Crippen LogP contribution in [0, 0.1) is 5.92 Å². The number of para-hydroxylation sites is 1. The maximum Gasteiger partial charge on any atom is 0.227 e. The Morgan fingerprint density at radius 1 is 1.05 bits per heavy atom. The van der Waals surface area contributed by atoms with E-state index in [0.29, 0.717) is 17.9 Å². The van der Waals surface area contributed by atoms with Crippen molar-refractivity contribution in [3.05, 3.63) is 59.7 Å². The van der Waals surface area contributed by atoms with Crippen LogP contribution in [0.5, 0.6) is 0 Å². The molecule has 0 radical (unpaired) electrons. The van der Waals surface area contributed by atoms with E-state index < -0.39 is 0 Å². The summed E-state index contributed by atoms with van der Waals surface area (Å²) in [5.74, 6) is 1.02. The van der Waals surface area contributed by atoms with Crippen molar-refractivity contribution in [3.63, 3.8) is 0 Å². The molecule has 0 spiro atoms. The molecular formula is C33H46N4O2. The van der Waals surface area contributed by atoms with Crippen LogP contribution in [0.15, 0.2) is 48.5 Å². The highest BCUT2D eigenvalue weighted by Gasteiger charge is 2.42. The molecule has 6 rings (SSSR count). The van der Waals surface area contributed by atoms with E-state index >= 15 is 0 Å². The van der Waals surface area contributed by atoms with Gasteiger partial charge >= 0.3 is 0 Å².